The molecule has 4 nitrogen and oxygen atoms in total. The van der Waals surface area contributed by atoms with Crippen molar-refractivity contribution < 1.29 is 8.78 Å². The summed E-state index contributed by atoms with van der Waals surface area (Å²) in [7, 11) is 1.75. The maximum Gasteiger partial charge on any atom is 0.152 e. The van der Waals surface area contributed by atoms with Crippen molar-refractivity contribution in [3.8, 4) is 0 Å². The van der Waals surface area contributed by atoms with Gasteiger partial charge in [0.2, 0.25) is 0 Å². The summed E-state index contributed by atoms with van der Waals surface area (Å²) in [5.41, 5.74) is 5.99. The van der Waals surface area contributed by atoms with Crippen LogP contribution in [0.3, 0.4) is 0 Å². The van der Waals surface area contributed by atoms with Crippen molar-refractivity contribution in [3.05, 3.63) is 35.5 Å². The van der Waals surface area contributed by atoms with Crippen LogP contribution in [0, 0.1) is 18.6 Å². The maximum atomic E-state index is 13.5. The fourth-order valence-corrected chi connectivity index (χ4v) is 1.46. The highest BCUT2D eigenvalue weighted by molar-refractivity contribution is 5.61. The van der Waals surface area contributed by atoms with E-state index < -0.39 is 11.6 Å². The number of hydrogen-bond donors (Lipinski definition) is 2. The van der Waals surface area contributed by atoms with Gasteiger partial charge in [0, 0.05) is 24.5 Å². The Bertz CT molecular complexity index is 520. The lowest BCUT2D eigenvalue weighted by molar-refractivity contribution is 0.591. The Kier molecular flexibility index (Phi) is 2.71. The van der Waals surface area contributed by atoms with Crippen LogP contribution in [0.15, 0.2) is 18.2 Å². The molecule has 0 aliphatic rings. The van der Waals surface area contributed by atoms with Crippen LogP contribution in [0.5, 0.6) is 0 Å². The van der Waals surface area contributed by atoms with E-state index in [1.54, 1.807) is 17.8 Å². The van der Waals surface area contributed by atoms with Gasteiger partial charge < -0.3 is 11.1 Å². The quantitative estimate of drug-likeness (QED) is 0.789. The van der Waals surface area contributed by atoms with E-state index in [0.717, 1.165) is 17.8 Å². The third-order valence-corrected chi connectivity index (χ3v) is 2.43. The van der Waals surface area contributed by atoms with Gasteiger partial charge >= 0.3 is 0 Å². The summed E-state index contributed by atoms with van der Waals surface area (Å²) in [4.78, 5) is 0. The molecule has 0 saturated carbocycles. The van der Waals surface area contributed by atoms with Gasteiger partial charge in [0.05, 0.1) is 0 Å². The van der Waals surface area contributed by atoms with Crippen LogP contribution in [-0.2, 0) is 7.05 Å². The Morgan fingerprint density at radius 2 is 1.82 bits per heavy atom. The second-order valence-corrected chi connectivity index (χ2v) is 3.78. The van der Waals surface area contributed by atoms with Crippen molar-refractivity contribution in [3.63, 3.8) is 0 Å². The molecule has 0 atom stereocenters. The van der Waals surface area contributed by atoms with Gasteiger partial charge in [0.15, 0.2) is 17.5 Å². The normalized spacial score (nSPS) is 10.6. The van der Waals surface area contributed by atoms with Crippen molar-refractivity contribution in [1.29, 1.82) is 0 Å². The van der Waals surface area contributed by atoms with E-state index in [1.807, 2.05) is 6.92 Å². The molecule has 2 aromatic rings. The van der Waals surface area contributed by atoms with Crippen LogP contribution < -0.4 is 11.1 Å². The van der Waals surface area contributed by atoms with Crippen molar-refractivity contribution in [1.82, 2.24) is 9.78 Å². The fraction of sp³-hybridized carbons (Fsp3) is 0.182. The highest BCUT2D eigenvalue weighted by atomic mass is 19.1. The third kappa shape index (κ3) is 2.20. The predicted molar refractivity (Wildman–Crippen MR) is 62.0 cm³/mol. The van der Waals surface area contributed by atoms with E-state index in [0.29, 0.717) is 5.82 Å². The number of nitrogen functional groups attached to an aromatic ring is 1. The minimum atomic E-state index is -0.745. The Morgan fingerprint density at radius 3 is 2.29 bits per heavy atom. The van der Waals surface area contributed by atoms with E-state index in [1.165, 1.54) is 0 Å². The number of halogens is 2. The number of benzene rings is 1. The predicted octanol–water partition coefficient (Wildman–Crippen LogP) is 2.33. The molecule has 0 bridgehead atoms. The van der Waals surface area contributed by atoms with Gasteiger partial charge in [-0.1, -0.05) is 0 Å². The van der Waals surface area contributed by atoms with E-state index in [-0.39, 0.29) is 11.4 Å². The van der Waals surface area contributed by atoms with E-state index in [2.05, 4.69) is 10.4 Å². The highest BCUT2D eigenvalue weighted by Gasteiger charge is 2.12. The number of nitrogens with one attached hydrogen (secondary N) is 1. The molecule has 6 heteroatoms. The summed E-state index contributed by atoms with van der Waals surface area (Å²) >= 11 is 0. The zero-order valence-electron chi connectivity index (χ0n) is 9.46. The highest BCUT2D eigenvalue weighted by Crippen LogP contribution is 2.25. The molecule has 90 valence electrons. The Balaban J connectivity index is 2.36. The number of nitrogens with two attached hydrogens (primary N) is 1. The standard InChI is InChI=1S/C11H12F2N4/c1-6-3-10(16-17(6)2)15-11-8(12)4-7(14)5-9(11)13/h3-5H,14H2,1-2H3,(H,15,16). The number of nitrogens with zero attached hydrogens (tertiary/aromatic N) is 2. The van der Waals surface area contributed by atoms with Gasteiger partial charge in [-0.2, -0.15) is 5.10 Å². The van der Waals surface area contributed by atoms with Crippen LogP contribution >= 0.6 is 0 Å². The zero-order chi connectivity index (χ0) is 12.6. The molecule has 17 heavy (non-hydrogen) atoms. The van der Waals surface area contributed by atoms with Gasteiger partial charge in [-0.3, -0.25) is 4.68 Å². The monoisotopic (exact) mass is 238 g/mol. The number of hydrogen-bond acceptors (Lipinski definition) is 3. The van der Waals surface area contributed by atoms with Crippen LogP contribution in [0.1, 0.15) is 5.69 Å². The number of aromatic nitrogens is 2. The van der Waals surface area contributed by atoms with Crippen LogP contribution in [0.4, 0.5) is 26.0 Å². The van der Waals surface area contributed by atoms with Crippen LogP contribution in [-0.4, -0.2) is 9.78 Å². The molecule has 0 aliphatic carbocycles. The zero-order valence-corrected chi connectivity index (χ0v) is 9.46. The molecule has 0 amide bonds. The first-order valence-corrected chi connectivity index (χ1v) is 4.99. The van der Waals surface area contributed by atoms with Crippen molar-refractivity contribution in [2.24, 2.45) is 7.05 Å². The van der Waals surface area contributed by atoms with Gasteiger partial charge in [-0.05, 0) is 19.1 Å². The first-order chi connectivity index (χ1) is 7.97. The molecule has 0 aliphatic heterocycles. The lowest BCUT2D eigenvalue weighted by Gasteiger charge is -2.06. The Hall–Kier alpha value is -2.11. The third-order valence-electron chi connectivity index (χ3n) is 2.43. The fourth-order valence-electron chi connectivity index (χ4n) is 1.46. The van der Waals surface area contributed by atoms with Gasteiger partial charge in [-0.25, -0.2) is 8.78 Å². The number of anilines is 3. The number of aryl methyl sites for hydroxylation is 2. The summed E-state index contributed by atoms with van der Waals surface area (Å²) in [5.74, 6) is -1.11. The minimum absolute atomic E-state index is 0.0442. The maximum absolute atomic E-state index is 13.5. The first-order valence-electron chi connectivity index (χ1n) is 4.99. The summed E-state index contributed by atoms with van der Waals surface area (Å²) in [6.07, 6.45) is 0. The SMILES string of the molecule is Cc1cc(Nc2c(F)cc(N)cc2F)nn1C. The molecule has 1 aromatic heterocycles. The summed E-state index contributed by atoms with van der Waals surface area (Å²) in [5, 5.41) is 6.64. The Labute approximate surface area is 97.0 Å². The van der Waals surface area contributed by atoms with Crippen molar-refractivity contribution in [2.75, 3.05) is 11.1 Å². The second kappa shape index (κ2) is 4.04. The lowest BCUT2D eigenvalue weighted by atomic mass is 10.2. The average Bonchev–Trinajstić information content (AvgIpc) is 2.52. The smallest absolute Gasteiger partial charge is 0.152 e. The molecule has 1 aromatic carbocycles. The van der Waals surface area contributed by atoms with E-state index >= 15 is 0 Å². The second-order valence-electron chi connectivity index (χ2n) is 3.78. The molecule has 0 saturated heterocycles. The summed E-state index contributed by atoms with van der Waals surface area (Å²) in [6.45, 7) is 1.84. The molecule has 0 unspecified atom stereocenters. The van der Waals surface area contributed by atoms with Crippen LogP contribution in [0.25, 0.3) is 0 Å². The first kappa shape index (κ1) is 11.4. The molecular weight excluding hydrogens is 226 g/mol. The van der Waals surface area contributed by atoms with Gasteiger partial charge in [-0.15, -0.1) is 0 Å². The summed E-state index contributed by atoms with van der Waals surface area (Å²) in [6, 6.07) is 3.80. The molecule has 0 fully saturated rings. The average molecular weight is 238 g/mol. The molecular formula is C11H12F2N4. The Morgan fingerprint density at radius 1 is 1.24 bits per heavy atom. The van der Waals surface area contributed by atoms with Gasteiger partial charge in [0.1, 0.15) is 5.69 Å². The summed E-state index contributed by atoms with van der Waals surface area (Å²) < 4.78 is 28.6. The number of rotatable bonds is 2. The molecule has 0 spiro atoms. The van der Waals surface area contributed by atoms with E-state index in [9.17, 15) is 8.78 Å². The van der Waals surface area contributed by atoms with E-state index in [4.69, 9.17) is 5.73 Å². The van der Waals surface area contributed by atoms with Crippen molar-refractivity contribution >= 4 is 17.2 Å². The molecule has 0 radical (unpaired) electrons. The minimum Gasteiger partial charge on any atom is -0.399 e. The van der Waals surface area contributed by atoms with Gasteiger partial charge in [0.25, 0.3) is 0 Å². The van der Waals surface area contributed by atoms with Crippen LogP contribution in [0.2, 0.25) is 0 Å². The van der Waals surface area contributed by atoms with Crippen molar-refractivity contribution in [2.45, 2.75) is 6.92 Å². The molecule has 1 heterocycles. The topological polar surface area (TPSA) is 55.9 Å². The molecule has 3 N–H and O–H groups in total. The largest absolute Gasteiger partial charge is 0.399 e. The lowest BCUT2D eigenvalue weighted by Crippen LogP contribution is -2.00. The molecule has 2 rings (SSSR count).